The second-order valence-corrected chi connectivity index (χ2v) is 6.98. The summed E-state index contributed by atoms with van der Waals surface area (Å²) < 4.78 is 30.1. The van der Waals surface area contributed by atoms with E-state index in [0.29, 0.717) is 22.4 Å². The predicted octanol–water partition coefficient (Wildman–Crippen LogP) is 2.31. The summed E-state index contributed by atoms with van der Waals surface area (Å²) in [6.07, 6.45) is 1.09. The van der Waals surface area contributed by atoms with Crippen LogP contribution in [0.1, 0.15) is 21.5 Å². The molecule has 0 N–H and O–H groups in total. The average molecular weight is 344 g/mol. The zero-order valence-corrected chi connectivity index (χ0v) is 14.1. The summed E-state index contributed by atoms with van der Waals surface area (Å²) in [7, 11) is -2.30. The molecule has 0 amide bonds. The Labute approximate surface area is 141 Å². The van der Waals surface area contributed by atoms with Gasteiger partial charge in [-0.1, -0.05) is 18.2 Å². The van der Waals surface area contributed by atoms with Crippen molar-refractivity contribution < 1.29 is 17.9 Å². The van der Waals surface area contributed by atoms with Gasteiger partial charge in [-0.2, -0.15) is 5.26 Å². The molecule has 0 aromatic heterocycles. The average Bonchev–Trinajstić information content (AvgIpc) is 2.58. The Kier molecular flexibility index (Phi) is 5.21. The molecule has 0 unspecified atom stereocenters. The van der Waals surface area contributed by atoms with Gasteiger partial charge in [0.05, 0.1) is 42.8 Å². The summed E-state index contributed by atoms with van der Waals surface area (Å²) in [5, 5.41) is 9.16. The smallest absolute Gasteiger partial charge is 0.337 e. The van der Waals surface area contributed by atoms with Crippen molar-refractivity contribution in [3.8, 4) is 6.07 Å². The van der Waals surface area contributed by atoms with Crippen LogP contribution in [0.3, 0.4) is 0 Å². The second-order valence-electron chi connectivity index (χ2n) is 5.08. The van der Waals surface area contributed by atoms with Crippen LogP contribution in [0.4, 0.5) is 5.69 Å². The van der Waals surface area contributed by atoms with Crippen molar-refractivity contribution in [2.75, 3.05) is 17.7 Å². The first-order chi connectivity index (χ1) is 11.4. The van der Waals surface area contributed by atoms with Gasteiger partial charge in [0.25, 0.3) is 0 Å². The summed E-state index contributed by atoms with van der Waals surface area (Å²) in [5.74, 6) is -0.498. The predicted molar refractivity (Wildman–Crippen MR) is 90.0 cm³/mol. The van der Waals surface area contributed by atoms with E-state index in [0.717, 1.165) is 6.26 Å². The second kappa shape index (κ2) is 7.15. The SMILES string of the molecule is COC(=O)c1ccc(N(Cc2ccccc2C#N)S(C)(=O)=O)cc1. The van der Waals surface area contributed by atoms with E-state index in [9.17, 15) is 13.2 Å². The van der Waals surface area contributed by atoms with Crippen molar-refractivity contribution in [2.45, 2.75) is 6.54 Å². The zero-order chi connectivity index (χ0) is 17.7. The molecule has 0 atom stereocenters. The maximum atomic E-state index is 12.2. The number of nitrogens with zero attached hydrogens (tertiary/aromatic N) is 2. The van der Waals surface area contributed by atoms with Crippen LogP contribution >= 0.6 is 0 Å². The van der Waals surface area contributed by atoms with Crippen LogP contribution in [0.15, 0.2) is 48.5 Å². The van der Waals surface area contributed by atoms with Gasteiger partial charge in [0.2, 0.25) is 10.0 Å². The number of nitriles is 1. The summed E-state index contributed by atoms with van der Waals surface area (Å²) in [6.45, 7) is 0.0279. The maximum Gasteiger partial charge on any atom is 0.337 e. The largest absolute Gasteiger partial charge is 0.465 e. The molecule has 2 aromatic carbocycles. The van der Waals surface area contributed by atoms with Gasteiger partial charge < -0.3 is 4.74 Å². The lowest BCUT2D eigenvalue weighted by Crippen LogP contribution is -2.29. The molecule has 24 heavy (non-hydrogen) atoms. The molecule has 2 rings (SSSR count). The molecule has 0 aliphatic carbocycles. The molecule has 0 aliphatic heterocycles. The van der Waals surface area contributed by atoms with Gasteiger partial charge >= 0.3 is 5.97 Å². The molecular formula is C17H16N2O4S. The summed E-state index contributed by atoms with van der Waals surface area (Å²) in [5.41, 5.74) is 1.74. The number of ether oxygens (including phenoxy) is 1. The number of hydrogen-bond acceptors (Lipinski definition) is 5. The van der Waals surface area contributed by atoms with E-state index in [2.05, 4.69) is 10.8 Å². The molecule has 0 fully saturated rings. The third kappa shape index (κ3) is 3.91. The Bertz CT molecular complexity index is 884. The van der Waals surface area contributed by atoms with E-state index < -0.39 is 16.0 Å². The summed E-state index contributed by atoms with van der Waals surface area (Å²) in [4.78, 5) is 11.5. The van der Waals surface area contributed by atoms with Gasteiger partial charge in [0, 0.05) is 0 Å². The number of sulfonamides is 1. The first kappa shape index (κ1) is 17.5. The fourth-order valence-corrected chi connectivity index (χ4v) is 3.08. The number of carbonyl (C=O) groups is 1. The normalized spacial score (nSPS) is 10.7. The molecule has 7 heteroatoms. The molecule has 6 nitrogen and oxygen atoms in total. The first-order valence-corrected chi connectivity index (χ1v) is 8.85. The summed E-state index contributed by atoms with van der Waals surface area (Å²) >= 11 is 0. The maximum absolute atomic E-state index is 12.2. The first-order valence-electron chi connectivity index (χ1n) is 7.01. The minimum Gasteiger partial charge on any atom is -0.465 e. The van der Waals surface area contributed by atoms with Crippen molar-refractivity contribution in [1.82, 2.24) is 0 Å². The molecule has 0 bridgehead atoms. The van der Waals surface area contributed by atoms with Gasteiger partial charge in [-0.15, -0.1) is 0 Å². The minimum absolute atomic E-state index is 0.0279. The highest BCUT2D eigenvalue weighted by atomic mass is 32.2. The van der Waals surface area contributed by atoms with Crippen LogP contribution in [0.2, 0.25) is 0 Å². The molecule has 0 aliphatic rings. The molecular weight excluding hydrogens is 328 g/mol. The fraction of sp³-hybridized carbons (Fsp3) is 0.176. The van der Waals surface area contributed by atoms with Crippen LogP contribution in [-0.2, 0) is 21.3 Å². The standard InChI is InChI=1S/C17H16N2O4S/c1-23-17(20)13-7-9-16(10-8-13)19(24(2,21)22)12-15-6-4-3-5-14(15)11-18/h3-10H,12H2,1-2H3. The van der Waals surface area contributed by atoms with E-state index in [1.54, 1.807) is 24.3 Å². The van der Waals surface area contributed by atoms with E-state index in [1.165, 1.54) is 35.7 Å². The fourth-order valence-electron chi connectivity index (χ4n) is 2.20. The number of rotatable bonds is 5. The number of carbonyl (C=O) groups excluding carboxylic acids is 1. The third-order valence-corrected chi connectivity index (χ3v) is 4.57. The van der Waals surface area contributed by atoms with Crippen LogP contribution in [-0.4, -0.2) is 27.8 Å². The molecule has 0 saturated heterocycles. The Morgan fingerprint density at radius 1 is 1.17 bits per heavy atom. The molecule has 124 valence electrons. The van der Waals surface area contributed by atoms with Crippen LogP contribution < -0.4 is 4.31 Å². The lowest BCUT2D eigenvalue weighted by Gasteiger charge is -2.23. The zero-order valence-electron chi connectivity index (χ0n) is 13.3. The van der Waals surface area contributed by atoms with Crippen LogP contribution in [0, 0.1) is 11.3 Å². The number of anilines is 1. The summed E-state index contributed by atoms with van der Waals surface area (Å²) in [6, 6.07) is 14.9. The van der Waals surface area contributed by atoms with E-state index in [4.69, 9.17) is 5.26 Å². The van der Waals surface area contributed by atoms with E-state index >= 15 is 0 Å². The lowest BCUT2D eigenvalue weighted by molar-refractivity contribution is 0.0601. The monoisotopic (exact) mass is 344 g/mol. The van der Waals surface area contributed by atoms with E-state index in [1.807, 2.05) is 0 Å². The highest BCUT2D eigenvalue weighted by Crippen LogP contribution is 2.22. The minimum atomic E-state index is -3.57. The van der Waals surface area contributed by atoms with Crippen molar-refractivity contribution >= 4 is 21.7 Å². The van der Waals surface area contributed by atoms with Crippen molar-refractivity contribution in [3.05, 3.63) is 65.2 Å². The highest BCUT2D eigenvalue weighted by molar-refractivity contribution is 7.92. The van der Waals surface area contributed by atoms with Crippen LogP contribution in [0.25, 0.3) is 0 Å². The van der Waals surface area contributed by atoms with Gasteiger partial charge in [-0.3, -0.25) is 4.31 Å². The molecule has 0 saturated carbocycles. The van der Waals surface area contributed by atoms with Crippen molar-refractivity contribution in [1.29, 1.82) is 5.26 Å². The number of esters is 1. The lowest BCUT2D eigenvalue weighted by atomic mass is 10.1. The Morgan fingerprint density at radius 2 is 1.79 bits per heavy atom. The van der Waals surface area contributed by atoms with Gasteiger partial charge in [0.1, 0.15) is 0 Å². The van der Waals surface area contributed by atoms with Gasteiger partial charge in [-0.25, -0.2) is 13.2 Å². The molecule has 2 aromatic rings. The van der Waals surface area contributed by atoms with Crippen molar-refractivity contribution in [3.63, 3.8) is 0 Å². The molecule has 0 radical (unpaired) electrons. The Morgan fingerprint density at radius 3 is 2.33 bits per heavy atom. The number of hydrogen-bond donors (Lipinski definition) is 0. The number of benzene rings is 2. The Balaban J connectivity index is 2.40. The molecule has 0 heterocycles. The van der Waals surface area contributed by atoms with E-state index in [-0.39, 0.29) is 6.54 Å². The Hall–Kier alpha value is -2.85. The van der Waals surface area contributed by atoms with Crippen molar-refractivity contribution in [2.24, 2.45) is 0 Å². The molecule has 0 spiro atoms. The van der Waals surface area contributed by atoms with Gasteiger partial charge in [-0.05, 0) is 35.9 Å². The number of methoxy groups -OCH3 is 1. The quantitative estimate of drug-likeness (QED) is 0.777. The highest BCUT2D eigenvalue weighted by Gasteiger charge is 2.19. The topological polar surface area (TPSA) is 87.5 Å². The van der Waals surface area contributed by atoms with Crippen LogP contribution in [0.5, 0.6) is 0 Å². The third-order valence-electron chi connectivity index (χ3n) is 3.43. The van der Waals surface area contributed by atoms with Gasteiger partial charge in [0.15, 0.2) is 0 Å².